The van der Waals surface area contributed by atoms with Gasteiger partial charge in [0.05, 0.1) is 27.7 Å². The zero-order valence-electron chi connectivity index (χ0n) is 20.0. The molecule has 0 spiro atoms. The number of rotatable bonds is 7. The molecule has 0 unspecified atom stereocenters. The number of carbonyl (C=O) groups is 3. The molecule has 10 heteroatoms. The molecule has 0 saturated heterocycles. The molecule has 0 fully saturated rings. The lowest BCUT2D eigenvalue weighted by Crippen LogP contribution is -2.46. The number of imide groups is 1. The van der Waals surface area contributed by atoms with Crippen molar-refractivity contribution in [1.29, 1.82) is 0 Å². The predicted molar refractivity (Wildman–Crippen MR) is 134 cm³/mol. The summed E-state index contributed by atoms with van der Waals surface area (Å²) >= 11 is 1.30. The van der Waals surface area contributed by atoms with E-state index in [-0.39, 0.29) is 13.0 Å². The van der Waals surface area contributed by atoms with Crippen LogP contribution >= 0.6 is 11.3 Å². The fourth-order valence-electron chi connectivity index (χ4n) is 4.49. The van der Waals surface area contributed by atoms with E-state index < -0.39 is 35.4 Å². The molecule has 3 amide bonds. The molecule has 1 atom stereocenters. The summed E-state index contributed by atoms with van der Waals surface area (Å²) in [5.74, 6) is -3.33. The van der Waals surface area contributed by atoms with Crippen molar-refractivity contribution >= 4 is 29.1 Å². The number of amides is 3. The third-order valence-corrected chi connectivity index (χ3v) is 7.39. The number of nitrogens with zero attached hydrogens (tertiary/aromatic N) is 2. The van der Waals surface area contributed by atoms with Crippen molar-refractivity contribution in [3.63, 3.8) is 0 Å². The van der Waals surface area contributed by atoms with Gasteiger partial charge in [0.25, 0.3) is 17.7 Å². The zero-order chi connectivity index (χ0) is 26.3. The highest BCUT2D eigenvalue weighted by atomic mass is 32.1. The van der Waals surface area contributed by atoms with E-state index >= 15 is 0 Å². The molecule has 0 bridgehead atoms. The van der Waals surface area contributed by atoms with Crippen LogP contribution in [0.25, 0.3) is 11.1 Å². The minimum Gasteiger partial charge on any atom is -0.346 e. The first-order valence-corrected chi connectivity index (χ1v) is 12.4. The number of carbonyl (C=O) groups excluding carboxylic acids is 3. The van der Waals surface area contributed by atoms with E-state index in [1.807, 2.05) is 13.8 Å². The van der Waals surface area contributed by atoms with Gasteiger partial charge in [0, 0.05) is 23.2 Å². The van der Waals surface area contributed by atoms with Gasteiger partial charge in [-0.1, -0.05) is 18.2 Å². The number of H-pyrrole nitrogens is 1. The maximum absolute atomic E-state index is 13.9. The first-order chi connectivity index (χ1) is 17.7. The van der Waals surface area contributed by atoms with E-state index in [9.17, 15) is 23.2 Å². The smallest absolute Gasteiger partial charge is 0.261 e. The average Bonchev–Trinajstić information content (AvgIpc) is 3.54. The molecule has 1 aliphatic heterocycles. The van der Waals surface area contributed by atoms with Crippen LogP contribution in [0.5, 0.6) is 0 Å². The molecule has 37 heavy (non-hydrogen) atoms. The Labute approximate surface area is 215 Å². The van der Waals surface area contributed by atoms with Crippen LogP contribution in [-0.4, -0.2) is 45.4 Å². The lowest BCUT2D eigenvalue weighted by atomic mass is 10.0. The molecule has 2 aromatic carbocycles. The van der Waals surface area contributed by atoms with Gasteiger partial charge < -0.3 is 5.32 Å². The Hall–Kier alpha value is -4.18. The van der Waals surface area contributed by atoms with E-state index in [2.05, 4.69) is 15.5 Å². The normalized spacial score (nSPS) is 13.7. The summed E-state index contributed by atoms with van der Waals surface area (Å²) in [6.45, 7) is 3.64. The van der Waals surface area contributed by atoms with Gasteiger partial charge in [0.15, 0.2) is 11.6 Å². The number of aryl methyl sites for hydroxylation is 2. The molecule has 1 aliphatic rings. The third-order valence-electron chi connectivity index (χ3n) is 6.35. The Bertz CT molecular complexity index is 1510. The van der Waals surface area contributed by atoms with E-state index in [0.29, 0.717) is 21.6 Å². The van der Waals surface area contributed by atoms with Crippen LogP contribution in [0.15, 0.2) is 54.7 Å². The number of hydrogen-bond acceptors (Lipinski definition) is 5. The van der Waals surface area contributed by atoms with Crippen molar-refractivity contribution in [1.82, 2.24) is 20.4 Å². The van der Waals surface area contributed by atoms with Crippen molar-refractivity contribution < 1.29 is 23.2 Å². The molecule has 2 N–H and O–H groups in total. The summed E-state index contributed by atoms with van der Waals surface area (Å²) in [5.41, 5.74) is 3.56. The Balaban J connectivity index is 1.41. The Morgan fingerprint density at radius 1 is 1.00 bits per heavy atom. The van der Waals surface area contributed by atoms with Gasteiger partial charge in [-0.25, -0.2) is 8.78 Å². The molecular formula is C27H22F2N4O3S. The monoisotopic (exact) mass is 520 g/mol. The maximum atomic E-state index is 13.9. The van der Waals surface area contributed by atoms with Gasteiger partial charge in [0.1, 0.15) is 0 Å². The predicted octanol–water partition coefficient (Wildman–Crippen LogP) is 4.67. The van der Waals surface area contributed by atoms with Crippen LogP contribution in [-0.2, 0) is 6.42 Å². The Morgan fingerprint density at radius 2 is 1.70 bits per heavy atom. The number of halogens is 2. The number of aromatic nitrogens is 2. The summed E-state index contributed by atoms with van der Waals surface area (Å²) in [5, 5.41) is 9.85. The van der Waals surface area contributed by atoms with E-state index in [4.69, 9.17) is 0 Å². The van der Waals surface area contributed by atoms with Gasteiger partial charge in [-0.05, 0) is 61.7 Å². The van der Waals surface area contributed by atoms with Crippen molar-refractivity contribution in [2.45, 2.75) is 26.3 Å². The quantitative estimate of drug-likeness (QED) is 0.346. The summed E-state index contributed by atoms with van der Waals surface area (Å²) in [7, 11) is 0. The second-order valence-electron chi connectivity index (χ2n) is 8.85. The van der Waals surface area contributed by atoms with Crippen molar-refractivity contribution in [2.75, 3.05) is 6.54 Å². The SMILES string of the molecule is Cc1n[nH]cc1-c1cc(C(=O)N[C@@H](Cc2ccc(F)c(F)c2)CN2C(=O)c3ccccc3C2=O)sc1C. The minimum absolute atomic E-state index is 0.0778. The summed E-state index contributed by atoms with van der Waals surface area (Å²) in [6, 6.07) is 11.0. The molecule has 5 rings (SSSR count). The Morgan fingerprint density at radius 3 is 2.32 bits per heavy atom. The first kappa shape index (κ1) is 24.5. The van der Waals surface area contributed by atoms with Crippen LogP contribution < -0.4 is 5.32 Å². The number of nitrogens with one attached hydrogen (secondary N) is 2. The second kappa shape index (κ2) is 9.70. The number of aromatic amines is 1. The number of benzene rings is 2. The standard InChI is InChI=1S/C27H22F2N4O3S/c1-14-21(12-30-32-14)20-11-24(37-15(20)2)25(34)31-17(9-16-7-8-22(28)23(29)10-16)13-33-26(35)18-5-3-4-6-19(18)27(33)36/h3-8,10-12,17H,9,13H2,1-2H3,(H,30,32)(H,31,34)/t17-/m0/s1. The maximum Gasteiger partial charge on any atom is 0.261 e. The molecule has 4 aromatic rings. The topological polar surface area (TPSA) is 95.2 Å². The highest BCUT2D eigenvalue weighted by molar-refractivity contribution is 7.14. The largest absolute Gasteiger partial charge is 0.346 e. The van der Waals surface area contributed by atoms with Gasteiger partial charge in [0.2, 0.25) is 0 Å². The molecule has 3 heterocycles. The van der Waals surface area contributed by atoms with Gasteiger partial charge in [-0.2, -0.15) is 5.10 Å². The number of hydrogen-bond donors (Lipinski definition) is 2. The summed E-state index contributed by atoms with van der Waals surface area (Å²) in [6.07, 6.45) is 1.84. The third kappa shape index (κ3) is 4.67. The minimum atomic E-state index is -1.02. The van der Waals surface area contributed by atoms with Crippen LogP contribution in [0.2, 0.25) is 0 Å². The molecule has 188 valence electrons. The molecule has 2 aromatic heterocycles. The Kier molecular flexibility index (Phi) is 6.43. The van der Waals surface area contributed by atoms with Crippen LogP contribution in [0, 0.1) is 25.5 Å². The van der Waals surface area contributed by atoms with Crippen LogP contribution in [0.4, 0.5) is 8.78 Å². The number of fused-ring (bicyclic) bond motifs is 1. The van der Waals surface area contributed by atoms with Crippen molar-refractivity contribution in [3.05, 3.63) is 98.5 Å². The molecule has 0 saturated carbocycles. The van der Waals surface area contributed by atoms with Gasteiger partial charge in [-0.3, -0.25) is 24.4 Å². The zero-order valence-corrected chi connectivity index (χ0v) is 20.8. The lowest BCUT2D eigenvalue weighted by Gasteiger charge is -2.24. The second-order valence-corrected chi connectivity index (χ2v) is 10.1. The van der Waals surface area contributed by atoms with Crippen molar-refractivity contribution in [3.8, 4) is 11.1 Å². The van der Waals surface area contributed by atoms with E-state index in [1.54, 1.807) is 36.5 Å². The molecule has 0 radical (unpaired) electrons. The van der Waals surface area contributed by atoms with E-state index in [1.165, 1.54) is 17.4 Å². The highest BCUT2D eigenvalue weighted by Crippen LogP contribution is 2.32. The van der Waals surface area contributed by atoms with Gasteiger partial charge in [-0.15, -0.1) is 11.3 Å². The van der Waals surface area contributed by atoms with Crippen molar-refractivity contribution in [2.24, 2.45) is 0 Å². The van der Waals surface area contributed by atoms with Crippen LogP contribution in [0.3, 0.4) is 0 Å². The molecule has 7 nitrogen and oxygen atoms in total. The number of thiophene rings is 1. The summed E-state index contributed by atoms with van der Waals surface area (Å²) in [4.78, 5) is 41.6. The van der Waals surface area contributed by atoms with Gasteiger partial charge >= 0.3 is 0 Å². The fourth-order valence-corrected chi connectivity index (χ4v) is 5.42. The average molecular weight is 521 g/mol. The lowest BCUT2D eigenvalue weighted by molar-refractivity contribution is 0.0629. The first-order valence-electron chi connectivity index (χ1n) is 11.5. The fraction of sp³-hybridized carbons (Fsp3) is 0.185. The summed E-state index contributed by atoms with van der Waals surface area (Å²) < 4.78 is 27.4. The molecule has 0 aliphatic carbocycles. The highest BCUT2D eigenvalue weighted by Gasteiger charge is 2.37. The van der Waals surface area contributed by atoms with Crippen LogP contribution in [0.1, 0.15) is 46.5 Å². The van der Waals surface area contributed by atoms with E-state index in [0.717, 1.165) is 38.7 Å². The molecular weight excluding hydrogens is 498 g/mol.